The third kappa shape index (κ3) is 1.33. The fourth-order valence-electron chi connectivity index (χ4n) is 1.69. The van der Waals surface area contributed by atoms with Crippen LogP contribution in [-0.2, 0) is 0 Å². The van der Waals surface area contributed by atoms with Crippen molar-refractivity contribution in [2.45, 2.75) is 6.92 Å². The summed E-state index contributed by atoms with van der Waals surface area (Å²) in [5.41, 5.74) is 9.00. The third-order valence-corrected chi connectivity index (χ3v) is 2.40. The summed E-state index contributed by atoms with van der Waals surface area (Å²) in [6, 6.07) is 5.79. The molecule has 2 heterocycles. The predicted molar refractivity (Wildman–Crippen MR) is 60.7 cm³/mol. The molecule has 0 aliphatic carbocycles. The van der Waals surface area contributed by atoms with Gasteiger partial charge in [0.25, 0.3) is 0 Å². The molecule has 0 saturated heterocycles. The fraction of sp³-hybridized carbons (Fsp3) is 0.0909. The highest BCUT2D eigenvalue weighted by Crippen LogP contribution is 2.23. The summed E-state index contributed by atoms with van der Waals surface area (Å²) < 4.78 is 5.46. The Balaban J connectivity index is 2.17. The lowest BCUT2D eigenvalue weighted by Gasteiger charge is -1.95. The van der Waals surface area contributed by atoms with Crippen molar-refractivity contribution in [3.05, 3.63) is 30.3 Å². The zero-order valence-corrected chi connectivity index (χ0v) is 8.69. The fourth-order valence-corrected chi connectivity index (χ4v) is 1.69. The minimum atomic E-state index is 0.406. The molecule has 1 aromatic carbocycles. The Morgan fingerprint density at radius 1 is 1.38 bits per heavy atom. The predicted octanol–water partition coefficient (Wildman–Crippen LogP) is 2.11. The van der Waals surface area contributed by atoms with E-state index in [4.69, 9.17) is 10.2 Å². The van der Waals surface area contributed by atoms with Gasteiger partial charge in [0.1, 0.15) is 5.52 Å². The van der Waals surface area contributed by atoms with Gasteiger partial charge in [0.2, 0.25) is 0 Å². The molecule has 0 amide bonds. The van der Waals surface area contributed by atoms with Crippen LogP contribution in [0.15, 0.2) is 28.8 Å². The van der Waals surface area contributed by atoms with Crippen LogP contribution in [0.25, 0.3) is 22.4 Å². The highest BCUT2D eigenvalue weighted by atomic mass is 16.3. The Morgan fingerprint density at radius 2 is 2.25 bits per heavy atom. The molecular formula is C11H10N4O. The number of nitrogens with one attached hydrogen (secondary N) is 1. The minimum absolute atomic E-state index is 0.406. The van der Waals surface area contributed by atoms with Crippen LogP contribution in [0.4, 0.5) is 5.95 Å². The van der Waals surface area contributed by atoms with E-state index in [1.165, 1.54) is 0 Å². The number of aromatic amines is 1. The highest BCUT2D eigenvalue weighted by molar-refractivity contribution is 5.79. The lowest BCUT2D eigenvalue weighted by atomic mass is 10.1. The lowest BCUT2D eigenvalue weighted by Crippen LogP contribution is -1.85. The summed E-state index contributed by atoms with van der Waals surface area (Å²) in [5, 5.41) is 0. The monoisotopic (exact) mass is 214 g/mol. The normalized spacial score (nSPS) is 11.1. The molecule has 0 fully saturated rings. The first kappa shape index (κ1) is 8.96. The number of nitrogens with zero attached hydrogens (tertiary/aromatic N) is 2. The molecule has 5 heteroatoms. The second-order valence-corrected chi connectivity index (χ2v) is 3.60. The van der Waals surface area contributed by atoms with E-state index in [0.29, 0.717) is 11.8 Å². The standard InChI is InChI=1S/C11H10N4O/c1-6-14-8-3-2-7(4-10(8)16-6)9-5-13-11(12)15-9/h2-5H,1H3,(H3,12,13,15). The van der Waals surface area contributed by atoms with E-state index < -0.39 is 0 Å². The molecule has 0 aliphatic heterocycles. The van der Waals surface area contributed by atoms with Crippen molar-refractivity contribution in [3.63, 3.8) is 0 Å². The van der Waals surface area contributed by atoms with Crippen molar-refractivity contribution in [2.75, 3.05) is 5.73 Å². The van der Waals surface area contributed by atoms with Crippen LogP contribution >= 0.6 is 0 Å². The van der Waals surface area contributed by atoms with Gasteiger partial charge in [0.05, 0.1) is 11.9 Å². The molecule has 16 heavy (non-hydrogen) atoms. The van der Waals surface area contributed by atoms with Crippen LogP contribution in [0, 0.1) is 6.92 Å². The van der Waals surface area contributed by atoms with Crippen molar-refractivity contribution < 1.29 is 4.42 Å². The topological polar surface area (TPSA) is 80.7 Å². The van der Waals surface area contributed by atoms with Crippen LogP contribution in [0.2, 0.25) is 0 Å². The number of nitrogen functional groups attached to an aromatic ring is 1. The Kier molecular flexibility index (Phi) is 1.73. The van der Waals surface area contributed by atoms with Gasteiger partial charge in [-0.05, 0) is 12.1 Å². The van der Waals surface area contributed by atoms with Crippen LogP contribution in [0.5, 0.6) is 0 Å². The van der Waals surface area contributed by atoms with E-state index in [9.17, 15) is 0 Å². The molecule has 5 nitrogen and oxygen atoms in total. The number of nitrogens with two attached hydrogens (primary N) is 1. The number of anilines is 1. The second kappa shape index (κ2) is 3.10. The average molecular weight is 214 g/mol. The number of benzene rings is 1. The number of H-pyrrole nitrogens is 1. The number of fused-ring (bicyclic) bond motifs is 1. The van der Waals surface area contributed by atoms with Crippen molar-refractivity contribution >= 4 is 17.0 Å². The Morgan fingerprint density at radius 3 is 3.00 bits per heavy atom. The SMILES string of the molecule is Cc1nc2ccc(-c3cnc(N)[nH]3)cc2o1. The summed E-state index contributed by atoms with van der Waals surface area (Å²) in [5.74, 6) is 1.07. The molecule has 0 atom stereocenters. The van der Waals surface area contributed by atoms with Gasteiger partial charge in [0.15, 0.2) is 17.4 Å². The number of aromatic nitrogens is 3. The van der Waals surface area contributed by atoms with Gasteiger partial charge in [-0.3, -0.25) is 0 Å². The van der Waals surface area contributed by atoms with Gasteiger partial charge < -0.3 is 15.1 Å². The largest absolute Gasteiger partial charge is 0.441 e. The summed E-state index contributed by atoms with van der Waals surface area (Å²) in [7, 11) is 0. The van der Waals surface area contributed by atoms with Gasteiger partial charge in [-0.15, -0.1) is 0 Å². The Hall–Kier alpha value is -2.30. The maximum absolute atomic E-state index is 5.53. The zero-order valence-electron chi connectivity index (χ0n) is 8.69. The highest BCUT2D eigenvalue weighted by Gasteiger charge is 2.06. The van der Waals surface area contributed by atoms with E-state index in [1.54, 1.807) is 6.20 Å². The summed E-state index contributed by atoms with van der Waals surface area (Å²) in [6.45, 7) is 1.83. The van der Waals surface area contributed by atoms with E-state index in [2.05, 4.69) is 15.0 Å². The van der Waals surface area contributed by atoms with Gasteiger partial charge in [-0.25, -0.2) is 9.97 Å². The van der Waals surface area contributed by atoms with E-state index in [1.807, 2.05) is 25.1 Å². The first-order valence-electron chi connectivity index (χ1n) is 4.90. The van der Waals surface area contributed by atoms with Gasteiger partial charge >= 0.3 is 0 Å². The number of hydrogen-bond acceptors (Lipinski definition) is 4. The van der Waals surface area contributed by atoms with Crippen molar-refractivity contribution in [3.8, 4) is 11.3 Å². The molecular weight excluding hydrogens is 204 g/mol. The van der Waals surface area contributed by atoms with Crippen LogP contribution in [-0.4, -0.2) is 15.0 Å². The molecule has 3 aromatic rings. The molecule has 0 unspecified atom stereocenters. The number of rotatable bonds is 1. The van der Waals surface area contributed by atoms with Crippen LogP contribution < -0.4 is 5.73 Å². The molecule has 0 saturated carbocycles. The van der Waals surface area contributed by atoms with Gasteiger partial charge in [-0.2, -0.15) is 0 Å². The molecule has 0 radical (unpaired) electrons. The van der Waals surface area contributed by atoms with Crippen molar-refractivity contribution in [2.24, 2.45) is 0 Å². The van der Waals surface area contributed by atoms with E-state index >= 15 is 0 Å². The summed E-state index contributed by atoms with van der Waals surface area (Å²) in [6.07, 6.45) is 1.69. The van der Waals surface area contributed by atoms with E-state index in [0.717, 1.165) is 22.4 Å². The first-order valence-corrected chi connectivity index (χ1v) is 4.90. The third-order valence-electron chi connectivity index (χ3n) is 2.40. The number of oxazole rings is 1. The maximum atomic E-state index is 5.53. The molecule has 3 rings (SSSR count). The van der Waals surface area contributed by atoms with Crippen LogP contribution in [0.1, 0.15) is 5.89 Å². The molecule has 80 valence electrons. The van der Waals surface area contributed by atoms with Crippen molar-refractivity contribution in [1.82, 2.24) is 15.0 Å². The number of hydrogen-bond donors (Lipinski definition) is 2. The molecule has 2 aromatic heterocycles. The first-order chi connectivity index (χ1) is 7.72. The number of imidazole rings is 1. The zero-order chi connectivity index (χ0) is 11.1. The maximum Gasteiger partial charge on any atom is 0.197 e. The van der Waals surface area contributed by atoms with Gasteiger partial charge in [-0.1, -0.05) is 6.07 Å². The quantitative estimate of drug-likeness (QED) is 0.650. The average Bonchev–Trinajstić information content (AvgIpc) is 2.81. The minimum Gasteiger partial charge on any atom is -0.441 e. The second-order valence-electron chi connectivity index (χ2n) is 3.60. The number of aryl methyl sites for hydroxylation is 1. The van der Waals surface area contributed by atoms with Gasteiger partial charge in [0, 0.05) is 12.5 Å². The molecule has 0 bridgehead atoms. The molecule has 0 spiro atoms. The summed E-state index contributed by atoms with van der Waals surface area (Å²) >= 11 is 0. The Labute approximate surface area is 91.3 Å². The van der Waals surface area contributed by atoms with Crippen LogP contribution in [0.3, 0.4) is 0 Å². The van der Waals surface area contributed by atoms with E-state index in [-0.39, 0.29) is 0 Å². The van der Waals surface area contributed by atoms with Crippen molar-refractivity contribution in [1.29, 1.82) is 0 Å². The molecule has 0 aliphatic rings. The smallest absolute Gasteiger partial charge is 0.197 e. The summed E-state index contributed by atoms with van der Waals surface area (Å²) in [4.78, 5) is 11.2. The molecule has 3 N–H and O–H groups in total. The lowest BCUT2D eigenvalue weighted by molar-refractivity contribution is 0.561. The Bertz CT molecular complexity index is 653.